The zero-order chi connectivity index (χ0) is 32.6. The van der Waals surface area contributed by atoms with Gasteiger partial charge in [-0.05, 0) is 132 Å². The molecule has 3 nitrogen and oxygen atoms in total. The van der Waals surface area contributed by atoms with Gasteiger partial charge in [0.1, 0.15) is 17.3 Å². The molecular weight excluding hydrogens is 685 g/mol. The van der Waals surface area contributed by atoms with E-state index in [-0.39, 0.29) is 29.4 Å². The van der Waals surface area contributed by atoms with E-state index in [1.165, 1.54) is 53.6 Å². The zero-order valence-corrected chi connectivity index (χ0v) is 30.4. The maximum Gasteiger partial charge on any atom is 0.133 e. The molecule has 4 aromatic carbocycles. The average Bonchev–Trinajstić information content (AvgIpc) is 3.08. The molecule has 4 aromatic rings. The Labute approximate surface area is 300 Å². The number of aryl methyl sites for hydroxylation is 1. The summed E-state index contributed by atoms with van der Waals surface area (Å²) in [6, 6.07) is 33.5. The number of benzene rings is 4. The first kappa shape index (κ1) is 36.3. The number of ketones is 1. The number of methoxy groups -OCH3 is 1. The molecule has 6 rings (SSSR count). The normalized spacial score (nSPS) is 16.4. The number of carbonyl (C=O) groups is 1. The predicted molar refractivity (Wildman–Crippen MR) is 200 cm³/mol. The van der Waals surface area contributed by atoms with Gasteiger partial charge >= 0.3 is 0 Å². The highest BCUT2D eigenvalue weighted by atomic mass is 79.9. The van der Waals surface area contributed by atoms with E-state index in [0.717, 1.165) is 61.0 Å². The summed E-state index contributed by atoms with van der Waals surface area (Å²) in [5, 5.41) is 0. The Hall–Kier alpha value is -2.99. The quantitative estimate of drug-likeness (QED) is 0.122. The third-order valence-electron chi connectivity index (χ3n) is 10.8. The van der Waals surface area contributed by atoms with E-state index < -0.39 is 0 Å². The molecular formula is C42H48BrClFNO2. The third-order valence-corrected chi connectivity index (χ3v) is 11.4. The van der Waals surface area contributed by atoms with Crippen LogP contribution in [0.2, 0.25) is 0 Å². The Morgan fingerprint density at radius 3 is 2.15 bits per heavy atom. The van der Waals surface area contributed by atoms with Crippen molar-refractivity contribution in [2.45, 2.75) is 82.1 Å². The Morgan fingerprint density at radius 2 is 1.54 bits per heavy atom. The topological polar surface area (TPSA) is 29.5 Å². The van der Waals surface area contributed by atoms with Crippen molar-refractivity contribution in [2.75, 3.05) is 20.2 Å². The van der Waals surface area contributed by atoms with Crippen LogP contribution in [0.4, 0.5) is 4.39 Å². The first-order valence-corrected chi connectivity index (χ1v) is 18.2. The Bertz CT molecular complexity index is 1570. The fourth-order valence-corrected chi connectivity index (χ4v) is 8.58. The SMILES string of the molecule is COc1cc2c(cc1Br)CCN(CCCC(CCCC(=O)CCc1ccc(F)cc1)(c1ccccc1)c1ccccc1)C2C1CCC1.Cl. The first-order valence-electron chi connectivity index (χ1n) is 17.4. The van der Waals surface area contributed by atoms with Crippen LogP contribution in [0.5, 0.6) is 5.75 Å². The van der Waals surface area contributed by atoms with E-state index in [4.69, 9.17) is 4.74 Å². The third kappa shape index (κ3) is 8.41. The van der Waals surface area contributed by atoms with Crippen molar-refractivity contribution in [2.24, 2.45) is 5.92 Å². The molecule has 1 unspecified atom stereocenters. The lowest BCUT2D eigenvalue weighted by Gasteiger charge is -2.46. The molecule has 1 atom stereocenters. The standard InChI is InChI=1S/C42H47BrFNO2.ClH/c1-47-40-30-38-33(29-39(40)43)24-28-45(41(38)32-11-8-12-32)27-10-26-42(34-13-4-2-5-14-34,35-15-6-3-7-16-35)25-9-17-37(46)23-20-31-18-21-36(44)22-19-31;/h2-7,13-16,18-19,21-22,29-30,32,41H,8-12,17,20,23-28H2,1H3;1H. The molecule has 0 saturated heterocycles. The summed E-state index contributed by atoms with van der Waals surface area (Å²) >= 11 is 3.73. The maximum absolute atomic E-state index is 13.3. The number of Topliss-reactive ketones (excluding diaryl/α,β-unsaturated/α-hetero) is 1. The van der Waals surface area contributed by atoms with Gasteiger partial charge in [0, 0.05) is 30.8 Å². The van der Waals surface area contributed by atoms with Crippen molar-refractivity contribution in [3.8, 4) is 5.75 Å². The van der Waals surface area contributed by atoms with Crippen molar-refractivity contribution < 1.29 is 13.9 Å². The van der Waals surface area contributed by atoms with Crippen LogP contribution in [-0.4, -0.2) is 30.9 Å². The molecule has 1 aliphatic heterocycles. The van der Waals surface area contributed by atoms with Gasteiger partial charge in [-0.15, -0.1) is 12.4 Å². The maximum atomic E-state index is 13.3. The summed E-state index contributed by atoms with van der Waals surface area (Å²) in [4.78, 5) is 15.8. The lowest BCUT2D eigenvalue weighted by molar-refractivity contribution is -0.119. The Balaban J connectivity index is 0.00000451. The smallest absolute Gasteiger partial charge is 0.133 e. The lowest BCUT2D eigenvalue weighted by atomic mass is 9.68. The summed E-state index contributed by atoms with van der Waals surface area (Å²) in [6.07, 6.45) is 10.6. The molecule has 48 heavy (non-hydrogen) atoms. The number of fused-ring (bicyclic) bond motifs is 1. The van der Waals surface area contributed by atoms with Crippen LogP contribution in [0.1, 0.15) is 91.6 Å². The van der Waals surface area contributed by atoms with Gasteiger partial charge in [0.2, 0.25) is 0 Å². The molecule has 0 spiro atoms. The van der Waals surface area contributed by atoms with Gasteiger partial charge in [-0.25, -0.2) is 4.39 Å². The van der Waals surface area contributed by atoms with Crippen molar-refractivity contribution >= 4 is 34.1 Å². The summed E-state index contributed by atoms with van der Waals surface area (Å²) in [7, 11) is 1.76. The number of hydrogen-bond donors (Lipinski definition) is 0. The molecule has 1 fully saturated rings. The molecule has 1 aliphatic carbocycles. The van der Waals surface area contributed by atoms with Gasteiger partial charge in [-0.1, -0.05) is 79.2 Å². The second-order valence-electron chi connectivity index (χ2n) is 13.5. The van der Waals surface area contributed by atoms with Gasteiger partial charge in [0.25, 0.3) is 0 Å². The summed E-state index contributed by atoms with van der Waals surface area (Å²) < 4.78 is 20.1. The summed E-state index contributed by atoms with van der Waals surface area (Å²) in [5.74, 6) is 1.67. The van der Waals surface area contributed by atoms with E-state index in [0.29, 0.717) is 31.2 Å². The molecule has 0 aromatic heterocycles. The van der Waals surface area contributed by atoms with Gasteiger partial charge in [0.05, 0.1) is 11.6 Å². The second kappa shape index (κ2) is 17.1. The van der Waals surface area contributed by atoms with Crippen LogP contribution in [0.25, 0.3) is 0 Å². The van der Waals surface area contributed by atoms with Crippen LogP contribution in [0.3, 0.4) is 0 Å². The lowest BCUT2D eigenvalue weighted by Crippen LogP contribution is -2.42. The monoisotopic (exact) mass is 731 g/mol. The van der Waals surface area contributed by atoms with E-state index >= 15 is 0 Å². The van der Waals surface area contributed by atoms with E-state index in [1.807, 2.05) is 0 Å². The fraction of sp³-hybridized carbons (Fsp3) is 0.405. The molecule has 0 amide bonds. The molecule has 1 heterocycles. The number of hydrogen-bond acceptors (Lipinski definition) is 3. The molecule has 0 N–H and O–H groups in total. The van der Waals surface area contributed by atoms with Crippen LogP contribution in [0, 0.1) is 11.7 Å². The molecule has 0 bridgehead atoms. The number of carbonyl (C=O) groups excluding carboxylic acids is 1. The molecule has 0 radical (unpaired) electrons. The molecule has 2 aliphatic rings. The van der Waals surface area contributed by atoms with Crippen LogP contribution in [0.15, 0.2) is 102 Å². The highest BCUT2D eigenvalue weighted by molar-refractivity contribution is 9.10. The first-order chi connectivity index (χ1) is 23.0. The van der Waals surface area contributed by atoms with E-state index in [1.54, 1.807) is 19.2 Å². The number of rotatable bonds is 15. The van der Waals surface area contributed by atoms with E-state index in [9.17, 15) is 9.18 Å². The highest BCUT2D eigenvalue weighted by Gasteiger charge is 2.38. The van der Waals surface area contributed by atoms with Crippen molar-refractivity contribution in [3.05, 3.63) is 135 Å². The van der Waals surface area contributed by atoms with Gasteiger partial charge in [-0.3, -0.25) is 9.69 Å². The zero-order valence-electron chi connectivity index (χ0n) is 28.0. The van der Waals surface area contributed by atoms with Crippen molar-refractivity contribution in [1.29, 1.82) is 0 Å². The molecule has 1 saturated carbocycles. The van der Waals surface area contributed by atoms with Crippen LogP contribution >= 0.6 is 28.3 Å². The van der Waals surface area contributed by atoms with Gasteiger partial charge < -0.3 is 4.74 Å². The van der Waals surface area contributed by atoms with Crippen LogP contribution < -0.4 is 4.74 Å². The highest BCUT2D eigenvalue weighted by Crippen LogP contribution is 2.47. The predicted octanol–water partition coefficient (Wildman–Crippen LogP) is 10.9. The Kier molecular flexibility index (Phi) is 12.9. The number of ether oxygens (including phenoxy) is 1. The van der Waals surface area contributed by atoms with Crippen molar-refractivity contribution in [3.63, 3.8) is 0 Å². The minimum Gasteiger partial charge on any atom is -0.496 e. The van der Waals surface area contributed by atoms with Crippen molar-refractivity contribution in [1.82, 2.24) is 4.90 Å². The summed E-state index contributed by atoms with van der Waals surface area (Å²) in [6.45, 7) is 2.14. The van der Waals surface area contributed by atoms with E-state index in [2.05, 4.69) is 93.6 Å². The largest absolute Gasteiger partial charge is 0.496 e. The number of halogens is 3. The molecule has 6 heteroatoms. The van der Waals surface area contributed by atoms with Gasteiger partial charge in [-0.2, -0.15) is 0 Å². The fourth-order valence-electron chi connectivity index (χ4n) is 8.03. The number of nitrogens with zero attached hydrogens (tertiary/aromatic N) is 1. The minimum absolute atomic E-state index is 0. The van der Waals surface area contributed by atoms with Gasteiger partial charge in [0.15, 0.2) is 0 Å². The average molecular weight is 733 g/mol. The van der Waals surface area contributed by atoms with Crippen LogP contribution in [-0.2, 0) is 23.1 Å². The molecule has 254 valence electrons. The second-order valence-corrected chi connectivity index (χ2v) is 14.4. The summed E-state index contributed by atoms with van der Waals surface area (Å²) in [5.41, 5.74) is 6.41. The Morgan fingerprint density at radius 1 is 0.896 bits per heavy atom. The minimum atomic E-state index is -0.240.